The van der Waals surface area contributed by atoms with E-state index in [0.29, 0.717) is 23.9 Å². The van der Waals surface area contributed by atoms with Gasteiger partial charge < -0.3 is 10.5 Å². The summed E-state index contributed by atoms with van der Waals surface area (Å²) in [6, 6.07) is 0. The van der Waals surface area contributed by atoms with Crippen molar-refractivity contribution >= 4 is 34.2 Å². The molecule has 1 aromatic heterocycles. The lowest BCUT2D eigenvalue weighted by Gasteiger charge is -1.99. The minimum Gasteiger partial charge on any atom is -0.466 e. The summed E-state index contributed by atoms with van der Waals surface area (Å²) in [5, 5.41) is 0.559. The molecule has 0 saturated carbocycles. The molecule has 78 valence electrons. The Hall–Kier alpha value is -0.750. The van der Waals surface area contributed by atoms with Crippen LogP contribution in [0.2, 0.25) is 0 Å². The predicted octanol–water partition coefficient (Wildman–Crippen LogP) is 1.77. The maximum atomic E-state index is 11.0. The average Bonchev–Trinajstić information content (AvgIpc) is 2.52. The fraction of sp³-hybridized carbons (Fsp3) is 0.500. The molecule has 1 heterocycles. The molecule has 0 amide bonds. The van der Waals surface area contributed by atoms with Crippen molar-refractivity contribution in [2.75, 3.05) is 18.1 Å². The second-order valence-corrected chi connectivity index (χ2v) is 4.88. The van der Waals surface area contributed by atoms with Crippen molar-refractivity contribution in [2.24, 2.45) is 0 Å². The third-order valence-electron chi connectivity index (χ3n) is 1.36. The Balaban J connectivity index is 2.18. The molecule has 0 saturated heterocycles. The van der Waals surface area contributed by atoms with E-state index >= 15 is 0 Å². The smallest absolute Gasteiger partial charge is 0.306 e. The molecule has 0 radical (unpaired) electrons. The first-order chi connectivity index (χ1) is 6.72. The minimum absolute atomic E-state index is 0.155. The van der Waals surface area contributed by atoms with Gasteiger partial charge in [-0.2, -0.15) is 0 Å². The summed E-state index contributed by atoms with van der Waals surface area (Å²) in [5.41, 5.74) is 5.46. The number of carbonyl (C=O) groups excluding carboxylic acids is 1. The molecular formula is C8H12N2O2S2. The van der Waals surface area contributed by atoms with Crippen molar-refractivity contribution in [3.05, 3.63) is 6.20 Å². The number of carbonyl (C=O) groups is 1. The highest BCUT2D eigenvalue weighted by Crippen LogP contribution is 2.26. The zero-order valence-electron chi connectivity index (χ0n) is 7.86. The maximum Gasteiger partial charge on any atom is 0.306 e. The van der Waals surface area contributed by atoms with E-state index in [2.05, 4.69) is 4.98 Å². The van der Waals surface area contributed by atoms with Gasteiger partial charge in [-0.1, -0.05) is 11.3 Å². The van der Waals surface area contributed by atoms with Gasteiger partial charge in [0.1, 0.15) is 0 Å². The van der Waals surface area contributed by atoms with E-state index in [1.807, 2.05) is 0 Å². The molecule has 1 rings (SSSR count). The Labute approximate surface area is 90.9 Å². The average molecular weight is 232 g/mol. The Morgan fingerprint density at radius 2 is 2.57 bits per heavy atom. The summed E-state index contributed by atoms with van der Waals surface area (Å²) < 4.78 is 5.83. The molecule has 0 spiro atoms. The number of nitrogen functional groups attached to an aromatic ring is 1. The highest BCUT2D eigenvalue weighted by molar-refractivity contribution is 8.01. The first-order valence-corrected chi connectivity index (χ1v) is 6.02. The second-order valence-electron chi connectivity index (χ2n) is 2.42. The van der Waals surface area contributed by atoms with Gasteiger partial charge in [0, 0.05) is 5.75 Å². The Morgan fingerprint density at radius 3 is 3.14 bits per heavy atom. The molecule has 0 atom stereocenters. The standard InChI is InChI=1S/C8H12N2O2S2/c1-2-12-6(11)3-4-13-7-5-10-8(9)14-7/h5H,2-4H2,1H3,(H2,9,10). The number of ether oxygens (including phenoxy) is 1. The van der Waals surface area contributed by atoms with Crippen LogP contribution < -0.4 is 5.73 Å². The van der Waals surface area contributed by atoms with Gasteiger partial charge in [0.15, 0.2) is 5.13 Å². The molecule has 0 aromatic carbocycles. The van der Waals surface area contributed by atoms with Crippen LogP contribution in [0.1, 0.15) is 13.3 Å². The number of thioether (sulfide) groups is 1. The lowest BCUT2D eigenvalue weighted by molar-refractivity contribution is -0.142. The lowest BCUT2D eigenvalue weighted by Crippen LogP contribution is -2.04. The summed E-state index contributed by atoms with van der Waals surface area (Å²) in [4.78, 5) is 14.9. The minimum atomic E-state index is -0.155. The molecule has 1 aromatic rings. The lowest BCUT2D eigenvalue weighted by atomic mass is 10.5. The van der Waals surface area contributed by atoms with Crippen LogP contribution in [-0.2, 0) is 9.53 Å². The third-order valence-corrected chi connectivity index (χ3v) is 3.38. The van der Waals surface area contributed by atoms with E-state index in [9.17, 15) is 4.79 Å². The van der Waals surface area contributed by atoms with E-state index in [4.69, 9.17) is 10.5 Å². The van der Waals surface area contributed by atoms with E-state index in [0.717, 1.165) is 4.21 Å². The van der Waals surface area contributed by atoms with Crippen LogP contribution in [0.5, 0.6) is 0 Å². The van der Waals surface area contributed by atoms with E-state index in [1.165, 1.54) is 11.3 Å². The van der Waals surface area contributed by atoms with Crippen LogP contribution in [-0.4, -0.2) is 23.3 Å². The first kappa shape index (κ1) is 11.3. The molecule has 4 nitrogen and oxygen atoms in total. The van der Waals surface area contributed by atoms with Crippen molar-refractivity contribution in [1.82, 2.24) is 4.98 Å². The first-order valence-electron chi connectivity index (χ1n) is 4.22. The van der Waals surface area contributed by atoms with Crippen LogP contribution in [0.15, 0.2) is 10.4 Å². The number of hydrogen-bond acceptors (Lipinski definition) is 6. The van der Waals surface area contributed by atoms with Crippen LogP contribution in [0.3, 0.4) is 0 Å². The number of aromatic nitrogens is 1. The summed E-state index contributed by atoms with van der Waals surface area (Å²) in [6.45, 7) is 2.24. The fourth-order valence-electron chi connectivity index (χ4n) is 0.807. The number of esters is 1. The van der Waals surface area contributed by atoms with E-state index in [1.54, 1.807) is 24.9 Å². The Bertz CT molecular complexity index is 301. The van der Waals surface area contributed by atoms with Crippen LogP contribution in [0.25, 0.3) is 0 Å². The van der Waals surface area contributed by atoms with Gasteiger partial charge in [0.25, 0.3) is 0 Å². The molecule has 2 N–H and O–H groups in total. The van der Waals surface area contributed by atoms with Crippen molar-refractivity contribution in [1.29, 1.82) is 0 Å². The number of nitrogens with two attached hydrogens (primary N) is 1. The molecule has 0 unspecified atom stereocenters. The Kier molecular flexibility index (Phi) is 4.75. The molecule has 0 fully saturated rings. The van der Waals surface area contributed by atoms with Gasteiger partial charge in [-0.3, -0.25) is 4.79 Å². The molecule has 0 aliphatic heterocycles. The number of hydrogen-bond donors (Lipinski definition) is 1. The van der Waals surface area contributed by atoms with Gasteiger partial charge >= 0.3 is 5.97 Å². The maximum absolute atomic E-state index is 11.0. The van der Waals surface area contributed by atoms with Crippen LogP contribution in [0.4, 0.5) is 5.13 Å². The zero-order chi connectivity index (χ0) is 10.4. The van der Waals surface area contributed by atoms with Gasteiger partial charge in [0.2, 0.25) is 0 Å². The van der Waals surface area contributed by atoms with Gasteiger partial charge in [-0.25, -0.2) is 4.98 Å². The molecular weight excluding hydrogens is 220 g/mol. The number of nitrogens with zero attached hydrogens (tertiary/aromatic N) is 1. The monoisotopic (exact) mass is 232 g/mol. The highest BCUT2D eigenvalue weighted by Gasteiger charge is 2.03. The summed E-state index contributed by atoms with van der Waals surface area (Å²) in [5.74, 6) is 0.554. The summed E-state index contributed by atoms with van der Waals surface area (Å²) in [7, 11) is 0. The molecule has 0 aliphatic carbocycles. The van der Waals surface area contributed by atoms with E-state index < -0.39 is 0 Å². The molecule has 6 heteroatoms. The summed E-state index contributed by atoms with van der Waals surface area (Å²) in [6.07, 6.45) is 2.14. The van der Waals surface area contributed by atoms with Crippen molar-refractivity contribution < 1.29 is 9.53 Å². The number of anilines is 1. The molecule has 0 bridgehead atoms. The van der Waals surface area contributed by atoms with Crippen LogP contribution in [0, 0.1) is 0 Å². The predicted molar refractivity (Wildman–Crippen MR) is 58.5 cm³/mol. The fourth-order valence-corrected chi connectivity index (χ4v) is 2.56. The Morgan fingerprint density at radius 1 is 1.79 bits per heavy atom. The third kappa shape index (κ3) is 3.97. The normalized spacial score (nSPS) is 10.1. The zero-order valence-corrected chi connectivity index (χ0v) is 9.49. The highest BCUT2D eigenvalue weighted by atomic mass is 32.2. The second kappa shape index (κ2) is 5.87. The quantitative estimate of drug-likeness (QED) is 0.619. The van der Waals surface area contributed by atoms with Crippen molar-refractivity contribution in [3.8, 4) is 0 Å². The van der Waals surface area contributed by atoms with E-state index in [-0.39, 0.29) is 5.97 Å². The molecule has 0 aliphatic rings. The van der Waals surface area contributed by atoms with Crippen LogP contribution >= 0.6 is 23.1 Å². The largest absolute Gasteiger partial charge is 0.466 e. The van der Waals surface area contributed by atoms with Gasteiger partial charge in [0.05, 0.1) is 23.4 Å². The summed E-state index contributed by atoms with van der Waals surface area (Å²) >= 11 is 3.00. The molecule has 14 heavy (non-hydrogen) atoms. The SMILES string of the molecule is CCOC(=O)CCSc1cnc(N)s1. The van der Waals surface area contributed by atoms with Gasteiger partial charge in [-0.15, -0.1) is 11.8 Å². The number of thiazole rings is 1. The van der Waals surface area contributed by atoms with Gasteiger partial charge in [-0.05, 0) is 6.92 Å². The van der Waals surface area contributed by atoms with Crippen molar-refractivity contribution in [2.45, 2.75) is 17.6 Å². The number of rotatable bonds is 5. The topological polar surface area (TPSA) is 65.2 Å². The van der Waals surface area contributed by atoms with Crippen molar-refractivity contribution in [3.63, 3.8) is 0 Å².